The van der Waals surface area contributed by atoms with Crippen LogP contribution >= 0.6 is 0 Å². The van der Waals surface area contributed by atoms with E-state index in [4.69, 9.17) is 4.74 Å². The summed E-state index contributed by atoms with van der Waals surface area (Å²) in [6.45, 7) is 4.86. The van der Waals surface area contributed by atoms with E-state index >= 15 is 0 Å². The van der Waals surface area contributed by atoms with E-state index in [1.165, 1.54) is 12.1 Å². The van der Waals surface area contributed by atoms with E-state index in [1.54, 1.807) is 34.6 Å². The number of anilines is 1. The van der Waals surface area contributed by atoms with Gasteiger partial charge in [0.25, 0.3) is 5.91 Å². The molecular formula is C24H28FN5O3. The average molecular weight is 454 g/mol. The summed E-state index contributed by atoms with van der Waals surface area (Å²) in [7, 11) is 3.55. The number of likely N-dealkylation sites (N-methyl/N-ethyl adjacent to an activating group) is 1. The van der Waals surface area contributed by atoms with Crippen molar-refractivity contribution in [1.82, 2.24) is 19.8 Å². The van der Waals surface area contributed by atoms with Crippen LogP contribution in [0, 0.1) is 12.7 Å². The molecule has 1 aromatic heterocycles. The van der Waals surface area contributed by atoms with E-state index in [1.807, 2.05) is 37.3 Å². The highest BCUT2D eigenvalue weighted by Crippen LogP contribution is 2.27. The smallest absolute Gasteiger partial charge is 0.325 e. The van der Waals surface area contributed by atoms with Gasteiger partial charge < -0.3 is 9.64 Å². The first kappa shape index (κ1) is 22.7. The molecule has 1 aliphatic heterocycles. The molecular weight excluding hydrogens is 425 g/mol. The molecule has 0 saturated carbocycles. The predicted molar refractivity (Wildman–Crippen MR) is 123 cm³/mol. The molecule has 174 valence electrons. The van der Waals surface area contributed by atoms with E-state index < -0.39 is 5.97 Å². The van der Waals surface area contributed by atoms with Gasteiger partial charge in [-0.1, -0.05) is 6.07 Å². The van der Waals surface area contributed by atoms with E-state index in [2.05, 4.69) is 5.10 Å². The van der Waals surface area contributed by atoms with Crippen LogP contribution in [0.1, 0.15) is 23.6 Å². The van der Waals surface area contributed by atoms with Crippen LogP contribution < -0.4 is 4.90 Å². The number of ether oxygens (including phenoxy) is 1. The van der Waals surface area contributed by atoms with Crippen LogP contribution in [0.2, 0.25) is 0 Å². The lowest BCUT2D eigenvalue weighted by molar-refractivity contribution is -0.145. The largest absolute Gasteiger partial charge is 0.465 e. The highest BCUT2D eigenvalue weighted by Gasteiger charge is 2.27. The van der Waals surface area contributed by atoms with E-state index in [-0.39, 0.29) is 31.4 Å². The Morgan fingerprint density at radius 1 is 1.15 bits per heavy atom. The average Bonchev–Trinajstić information content (AvgIpc) is 3.33. The predicted octanol–water partition coefficient (Wildman–Crippen LogP) is 2.78. The van der Waals surface area contributed by atoms with Crippen molar-refractivity contribution in [2.24, 2.45) is 7.05 Å². The Labute approximate surface area is 192 Å². The minimum atomic E-state index is -0.405. The molecule has 33 heavy (non-hydrogen) atoms. The molecule has 4 rings (SSSR count). The van der Waals surface area contributed by atoms with E-state index in [0.29, 0.717) is 13.1 Å². The monoisotopic (exact) mass is 453 g/mol. The van der Waals surface area contributed by atoms with Crippen molar-refractivity contribution >= 4 is 28.5 Å². The highest BCUT2D eigenvalue weighted by molar-refractivity contribution is 5.89. The molecule has 2 aromatic carbocycles. The SMILES string of the molecule is CCOC(=O)CN(CC(=O)N(C)N1Cc2ccc(F)cc2C1)c1cc2nn(C)cc2cc1C. The highest BCUT2D eigenvalue weighted by atomic mass is 19.1. The molecule has 9 heteroatoms. The van der Waals surface area contributed by atoms with Crippen molar-refractivity contribution in [3.63, 3.8) is 0 Å². The van der Waals surface area contributed by atoms with E-state index in [0.717, 1.165) is 33.3 Å². The maximum Gasteiger partial charge on any atom is 0.325 e. The zero-order valence-electron chi connectivity index (χ0n) is 19.3. The number of benzene rings is 2. The zero-order valence-corrected chi connectivity index (χ0v) is 19.3. The van der Waals surface area contributed by atoms with Crippen LogP contribution in [0.25, 0.3) is 10.9 Å². The summed E-state index contributed by atoms with van der Waals surface area (Å²) in [5, 5.41) is 8.86. The Bertz CT molecular complexity index is 1210. The van der Waals surface area contributed by atoms with Crippen LogP contribution in [-0.2, 0) is 34.5 Å². The summed E-state index contributed by atoms with van der Waals surface area (Å²) in [4.78, 5) is 27.3. The standard InChI is InChI=1S/C24H28FN5O3/c1-5-33-24(32)15-29(22-10-21-19(8-16(22)2)11-27(3)26-21)14-23(31)28(4)30-12-17-6-7-20(25)9-18(17)13-30/h6-11H,5,12-15H2,1-4H3. The first-order valence-corrected chi connectivity index (χ1v) is 10.9. The number of rotatable bonds is 7. The van der Waals surface area contributed by atoms with Crippen molar-refractivity contribution in [2.45, 2.75) is 26.9 Å². The number of esters is 1. The van der Waals surface area contributed by atoms with Crippen molar-refractivity contribution < 1.29 is 18.7 Å². The van der Waals surface area contributed by atoms with Gasteiger partial charge in [-0.2, -0.15) is 5.10 Å². The Morgan fingerprint density at radius 3 is 2.67 bits per heavy atom. The van der Waals surface area contributed by atoms with Gasteiger partial charge in [0.15, 0.2) is 0 Å². The van der Waals surface area contributed by atoms with Gasteiger partial charge in [-0.15, -0.1) is 0 Å². The maximum atomic E-state index is 13.6. The third-order valence-electron chi connectivity index (χ3n) is 5.89. The van der Waals surface area contributed by atoms with Gasteiger partial charge in [0, 0.05) is 44.5 Å². The van der Waals surface area contributed by atoms with Crippen molar-refractivity contribution in [3.05, 3.63) is 59.0 Å². The van der Waals surface area contributed by atoms with Gasteiger partial charge in [-0.3, -0.25) is 19.3 Å². The molecule has 0 spiro atoms. The maximum absolute atomic E-state index is 13.6. The summed E-state index contributed by atoms with van der Waals surface area (Å²) in [5.74, 6) is -0.879. The number of amides is 1. The van der Waals surface area contributed by atoms with Crippen LogP contribution in [-0.4, -0.2) is 58.4 Å². The number of hydrazine groups is 1. The number of hydrogen-bond donors (Lipinski definition) is 0. The fourth-order valence-electron chi connectivity index (χ4n) is 4.21. The molecule has 8 nitrogen and oxygen atoms in total. The number of nitrogens with zero attached hydrogens (tertiary/aromatic N) is 5. The molecule has 0 aliphatic carbocycles. The van der Waals surface area contributed by atoms with E-state index in [9.17, 15) is 14.0 Å². The van der Waals surface area contributed by atoms with Gasteiger partial charge in [0.2, 0.25) is 0 Å². The molecule has 0 unspecified atom stereocenters. The van der Waals surface area contributed by atoms with Crippen LogP contribution in [0.3, 0.4) is 0 Å². The fourth-order valence-corrected chi connectivity index (χ4v) is 4.21. The van der Waals surface area contributed by atoms with Gasteiger partial charge in [-0.25, -0.2) is 9.40 Å². The summed E-state index contributed by atoms with van der Waals surface area (Å²) in [6, 6.07) is 8.58. The number of carbonyl (C=O) groups excluding carboxylic acids is 2. The number of fused-ring (bicyclic) bond motifs is 2. The van der Waals surface area contributed by atoms with Gasteiger partial charge >= 0.3 is 5.97 Å². The lowest BCUT2D eigenvalue weighted by Crippen LogP contribution is -2.47. The first-order chi connectivity index (χ1) is 15.7. The Kier molecular flexibility index (Phi) is 6.33. The van der Waals surface area contributed by atoms with Gasteiger partial charge in [-0.05, 0) is 54.8 Å². The first-order valence-electron chi connectivity index (χ1n) is 10.9. The van der Waals surface area contributed by atoms with Crippen LogP contribution in [0.4, 0.5) is 10.1 Å². The summed E-state index contributed by atoms with van der Waals surface area (Å²) >= 11 is 0. The Hall–Kier alpha value is -3.46. The molecule has 0 fully saturated rings. The second-order valence-corrected chi connectivity index (χ2v) is 8.31. The van der Waals surface area contributed by atoms with Gasteiger partial charge in [0.1, 0.15) is 12.4 Å². The second-order valence-electron chi connectivity index (χ2n) is 8.31. The van der Waals surface area contributed by atoms with Crippen molar-refractivity contribution in [1.29, 1.82) is 0 Å². The number of aryl methyl sites for hydroxylation is 2. The molecule has 0 N–H and O–H groups in total. The van der Waals surface area contributed by atoms with Crippen LogP contribution in [0.5, 0.6) is 0 Å². The third-order valence-corrected chi connectivity index (χ3v) is 5.89. The number of aromatic nitrogens is 2. The lowest BCUT2D eigenvalue weighted by Gasteiger charge is -2.31. The second kappa shape index (κ2) is 9.19. The third kappa shape index (κ3) is 4.83. The Morgan fingerprint density at radius 2 is 1.91 bits per heavy atom. The summed E-state index contributed by atoms with van der Waals surface area (Å²) in [5.41, 5.74) is 4.33. The fraction of sp³-hybridized carbons (Fsp3) is 0.375. The molecule has 0 bridgehead atoms. The minimum absolute atomic E-state index is 0.0182. The molecule has 0 atom stereocenters. The lowest BCUT2D eigenvalue weighted by atomic mass is 10.1. The normalized spacial score (nSPS) is 13.2. The quantitative estimate of drug-likeness (QED) is 0.513. The molecule has 1 amide bonds. The van der Waals surface area contributed by atoms with Crippen molar-refractivity contribution in [2.75, 3.05) is 31.6 Å². The molecule has 1 aliphatic rings. The minimum Gasteiger partial charge on any atom is -0.465 e. The van der Waals surface area contributed by atoms with Gasteiger partial charge in [0.05, 0.1) is 18.7 Å². The number of halogens is 1. The van der Waals surface area contributed by atoms with Crippen LogP contribution in [0.15, 0.2) is 36.5 Å². The van der Waals surface area contributed by atoms with Crippen molar-refractivity contribution in [3.8, 4) is 0 Å². The molecule has 3 aromatic rings. The zero-order chi connectivity index (χ0) is 23.7. The summed E-state index contributed by atoms with van der Waals surface area (Å²) < 4.78 is 20.5. The topological polar surface area (TPSA) is 70.9 Å². The summed E-state index contributed by atoms with van der Waals surface area (Å²) in [6.07, 6.45) is 1.93. The molecule has 0 saturated heterocycles. The number of carbonyl (C=O) groups is 2. The molecule has 0 radical (unpaired) electrons. The molecule has 2 heterocycles. The Balaban J connectivity index is 1.56. The number of hydrogen-bond acceptors (Lipinski definition) is 6.